The van der Waals surface area contributed by atoms with Crippen molar-refractivity contribution in [1.82, 2.24) is 0 Å². The Hall–Kier alpha value is -0.0831. The second-order valence-corrected chi connectivity index (χ2v) is 10.3. The average molecular weight is 365 g/mol. The fourth-order valence-electron chi connectivity index (χ4n) is 3.04. The largest absolute Gasteiger partial charge is 0.500 e. The van der Waals surface area contributed by atoms with E-state index in [4.69, 9.17) is 18.0 Å². The van der Waals surface area contributed by atoms with Gasteiger partial charge in [-0.05, 0) is 44.3 Å². The first kappa shape index (κ1) is 21.0. The van der Waals surface area contributed by atoms with E-state index >= 15 is 0 Å². The molecule has 136 valence electrons. The molecule has 0 atom stereocenters. The molecule has 5 nitrogen and oxygen atoms in total. The lowest BCUT2D eigenvalue weighted by molar-refractivity contribution is -0.159. The van der Waals surface area contributed by atoms with Gasteiger partial charge in [0.15, 0.2) is 0 Å². The summed E-state index contributed by atoms with van der Waals surface area (Å²) in [6, 6.07) is 0.799. The van der Waals surface area contributed by atoms with E-state index in [2.05, 4.69) is 6.92 Å². The van der Waals surface area contributed by atoms with Gasteiger partial charge < -0.3 is 18.0 Å². The molecule has 0 aromatic heterocycles. The van der Waals surface area contributed by atoms with Crippen LogP contribution in [0.2, 0.25) is 6.04 Å². The van der Waals surface area contributed by atoms with Crippen LogP contribution in [0.4, 0.5) is 0 Å². The molecule has 0 aliphatic heterocycles. The molecule has 7 heteroatoms. The number of esters is 1. The van der Waals surface area contributed by atoms with Crippen LogP contribution in [-0.2, 0) is 22.8 Å². The second-order valence-electron chi connectivity index (χ2n) is 5.98. The summed E-state index contributed by atoms with van der Waals surface area (Å²) >= 11 is 1.77. The summed E-state index contributed by atoms with van der Waals surface area (Å²) in [5, 5.41) is 0. The zero-order chi connectivity index (χ0) is 17.2. The summed E-state index contributed by atoms with van der Waals surface area (Å²) < 4.78 is 21.9. The predicted molar refractivity (Wildman–Crippen MR) is 95.7 cm³/mol. The smallest absolute Gasteiger partial charge is 0.459 e. The summed E-state index contributed by atoms with van der Waals surface area (Å²) in [5.41, 5.74) is -0.164. The highest BCUT2D eigenvalue weighted by Gasteiger charge is 2.37. The Morgan fingerprint density at radius 1 is 1.09 bits per heavy atom. The van der Waals surface area contributed by atoms with Crippen molar-refractivity contribution in [2.45, 2.75) is 63.5 Å². The van der Waals surface area contributed by atoms with E-state index in [0.717, 1.165) is 43.2 Å². The Morgan fingerprint density at radius 3 is 2.22 bits per heavy atom. The van der Waals surface area contributed by atoms with Crippen molar-refractivity contribution in [2.75, 3.05) is 32.8 Å². The van der Waals surface area contributed by atoms with E-state index in [0.29, 0.717) is 6.42 Å². The van der Waals surface area contributed by atoms with Gasteiger partial charge in [0.2, 0.25) is 0 Å². The van der Waals surface area contributed by atoms with Gasteiger partial charge in [-0.2, -0.15) is 11.8 Å². The molecule has 0 bridgehead atoms. The maximum absolute atomic E-state index is 12.0. The third-order valence-corrected chi connectivity index (χ3v) is 8.55. The van der Waals surface area contributed by atoms with Crippen LogP contribution in [-0.4, -0.2) is 53.2 Å². The van der Waals surface area contributed by atoms with Gasteiger partial charge in [0.25, 0.3) is 0 Å². The monoisotopic (exact) mass is 364 g/mol. The SMILES string of the molecule is CCC1(OC(=O)CCSCCC[Si](OC)(OC)OC)CCCC1. The van der Waals surface area contributed by atoms with Crippen molar-refractivity contribution in [3.05, 3.63) is 0 Å². The van der Waals surface area contributed by atoms with Crippen molar-refractivity contribution in [2.24, 2.45) is 0 Å². The Morgan fingerprint density at radius 2 is 1.70 bits per heavy atom. The van der Waals surface area contributed by atoms with Gasteiger partial charge in [-0.3, -0.25) is 4.79 Å². The quantitative estimate of drug-likeness (QED) is 0.299. The fraction of sp³-hybridized carbons (Fsp3) is 0.938. The van der Waals surface area contributed by atoms with E-state index in [1.807, 2.05) is 0 Å². The van der Waals surface area contributed by atoms with Crippen molar-refractivity contribution in [1.29, 1.82) is 0 Å². The minimum absolute atomic E-state index is 0.0457. The van der Waals surface area contributed by atoms with Crippen LogP contribution in [0.1, 0.15) is 51.9 Å². The van der Waals surface area contributed by atoms with E-state index in [1.54, 1.807) is 33.1 Å². The Balaban J connectivity index is 2.14. The van der Waals surface area contributed by atoms with Gasteiger partial charge in [0.1, 0.15) is 5.60 Å². The highest BCUT2D eigenvalue weighted by Crippen LogP contribution is 2.36. The topological polar surface area (TPSA) is 54.0 Å². The van der Waals surface area contributed by atoms with Crippen molar-refractivity contribution in [3.63, 3.8) is 0 Å². The third-order valence-electron chi connectivity index (χ3n) is 4.64. The zero-order valence-corrected chi connectivity index (χ0v) is 16.8. The van der Waals surface area contributed by atoms with Gasteiger partial charge in [-0.15, -0.1) is 0 Å². The van der Waals surface area contributed by atoms with Crippen LogP contribution in [0, 0.1) is 0 Å². The van der Waals surface area contributed by atoms with Gasteiger partial charge in [-0.1, -0.05) is 6.92 Å². The molecular weight excluding hydrogens is 332 g/mol. The van der Waals surface area contributed by atoms with E-state index in [1.165, 1.54) is 12.8 Å². The van der Waals surface area contributed by atoms with E-state index in [-0.39, 0.29) is 11.6 Å². The van der Waals surface area contributed by atoms with Crippen LogP contribution in [0.15, 0.2) is 0 Å². The molecule has 1 saturated carbocycles. The molecule has 0 heterocycles. The zero-order valence-electron chi connectivity index (χ0n) is 15.0. The Kier molecular flexibility index (Phi) is 9.76. The molecule has 1 aliphatic carbocycles. The van der Waals surface area contributed by atoms with Crippen molar-refractivity contribution in [3.8, 4) is 0 Å². The number of rotatable bonds is 12. The first-order valence-corrected chi connectivity index (χ1v) is 11.6. The summed E-state index contributed by atoms with van der Waals surface area (Å²) in [6.45, 7) is 2.12. The highest BCUT2D eigenvalue weighted by molar-refractivity contribution is 7.99. The molecule has 0 saturated heterocycles. The minimum Gasteiger partial charge on any atom is -0.459 e. The third kappa shape index (κ3) is 6.74. The van der Waals surface area contributed by atoms with Crippen LogP contribution in [0.25, 0.3) is 0 Å². The number of thioether (sulfide) groups is 1. The van der Waals surface area contributed by atoms with Gasteiger partial charge in [0.05, 0.1) is 6.42 Å². The molecule has 1 aliphatic rings. The number of ether oxygens (including phenoxy) is 1. The highest BCUT2D eigenvalue weighted by atomic mass is 32.2. The fourth-order valence-corrected chi connectivity index (χ4v) is 5.89. The van der Waals surface area contributed by atoms with Crippen LogP contribution in [0.3, 0.4) is 0 Å². The molecule has 1 rings (SSSR count). The normalized spacial score (nSPS) is 17.4. The lowest BCUT2D eigenvalue weighted by Gasteiger charge is -2.27. The second kappa shape index (κ2) is 10.7. The molecule has 0 N–H and O–H groups in total. The van der Waals surface area contributed by atoms with E-state index in [9.17, 15) is 4.79 Å². The van der Waals surface area contributed by atoms with Crippen LogP contribution in [0.5, 0.6) is 0 Å². The molecular formula is C16H32O5SSi. The number of carbonyl (C=O) groups is 1. The average Bonchev–Trinajstić information content (AvgIpc) is 3.04. The van der Waals surface area contributed by atoms with Gasteiger partial charge >= 0.3 is 14.8 Å². The number of hydrogen-bond acceptors (Lipinski definition) is 6. The summed E-state index contributed by atoms with van der Waals surface area (Å²) in [6.07, 6.45) is 6.80. The van der Waals surface area contributed by atoms with Crippen LogP contribution >= 0.6 is 11.8 Å². The Bertz CT molecular complexity index is 335. The summed E-state index contributed by atoms with van der Waals surface area (Å²) in [4.78, 5) is 12.0. The van der Waals surface area contributed by atoms with Crippen LogP contribution < -0.4 is 0 Å². The van der Waals surface area contributed by atoms with E-state index < -0.39 is 8.80 Å². The van der Waals surface area contributed by atoms with Crippen molar-refractivity contribution >= 4 is 26.5 Å². The lowest BCUT2D eigenvalue weighted by atomic mass is 9.99. The Labute approximate surface area is 146 Å². The first-order valence-electron chi connectivity index (χ1n) is 8.50. The van der Waals surface area contributed by atoms with Gasteiger partial charge in [0, 0.05) is 33.1 Å². The lowest BCUT2D eigenvalue weighted by Crippen LogP contribution is -2.42. The molecule has 0 amide bonds. The molecule has 0 spiro atoms. The van der Waals surface area contributed by atoms with Crippen molar-refractivity contribution < 1.29 is 22.8 Å². The molecule has 1 fully saturated rings. The maximum atomic E-state index is 12.0. The summed E-state index contributed by atoms with van der Waals surface area (Å²) in [7, 11) is 2.46. The summed E-state index contributed by atoms with van der Waals surface area (Å²) in [5.74, 6) is 1.73. The molecule has 0 aromatic rings. The maximum Gasteiger partial charge on any atom is 0.500 e. The van der Waals surface area contributed by atoms with Gasteiger partial charge in [-0.25, -0.2) is 0 Å². The minimum atomic E-state index is -2.44. The predicted octanol–water partition coefficient (Wildman–Crippen LogP) is 3.64. The number of hydrogen-bond donors (Lipinski definition) is 0. The molecule has 0 radical (unpaired) electrons. The molecule has 23 heavy (non-hydrogen) atoms. The molecule has 0 unspecified atom stereocenters. The first-order chi connectivity index (χ1) is 11.1. The molecule has 0 aromatic carbocycles. The standard InChI is InChI=1S/C16H32O5SSi/c1-5-16(10-6-7-11-16)21-15(17)9-13-22-12-8-14-23(18-2,19-3)20-4/h5-14H2,1-4H3. The number of carbonyl (C=O) groups excluding carboxylic acids is 1.